The van der Waals surface area contributed by atoms with E-state index in [1.807, 2.05) is 0 Å². The highest BCUT2D eigenvalue weighted by Crippen LogP contribution is 2.31. The number of hydrogen-bond donors (Lipinski definition) is 2. The number of benzene rings is 1. The molecule has 1 atom stereocenters. The van der Waals surface area contributed by atoms with Gasteiger partial charge in [0.2, 0.25) is 5.56 Å². The Balaban J connectivity index is 2.14. The number of nitrogens with one attached hydrogen (secondary N) is 1. The first-order chi connectivity index (χ1) is 10.4. The fraction of sp³-hybridized carbons (Fsp3) is 0.312. The number of para-hydroxylation sites is 1. The molecule has 1 unspecified atom stereocenters. The van der Waals surface area contributed by atoms with Crippen molar-refractivity contribution in [2.45, 2.75) is 25.3 Å². The van der Waals surface area contributed by atoms with Crippen LogP contribution in [0.25, 0.3) is 10.9 Å². The summed E-state index contributed by atoms with van der Waals surface area (Å²) >= 11 is 0. The van der Waals surface area contributed by atoms with Gasteiger partial charge in [-0.05, 0) is 25.8 Å². The molecule has 1 amide bonds. The molecule has 2 N–H and O–H groups in total. The highest BCUT2D eigenvalue weighted by atomic mass is 16.4. The summed E-state index contributed by atoms with van der Waals surface area (Å²) in [4.78, 5) is 40.2. The van der Waals surface area contributed by atoms with Gasteiger partial charge in [-0.25, -0.2) is 4.79 Å². The van der Waals surface area contributed by atoms with Gasteiger partial charge in [0.15, 0.2) is 0 Å². The zero-order valence-electron chi connectivity index (χ0n) is 12.1. The highest BCUT2D eigenvalue weighted by Gasteiger charge is 2.46. The van der Waals surface area contributed by atoms with Gasteiger partial charge in [-0.15, -0.1) is 0 Å². The molecule has 1 fully saturated rings. The fourth-order valence-corrected chi connectivity index (χ4v) is 3.04. The Morgan fingerprint density at radius 2 is 2.05 bits per heavy atom. The van der Waals surface area contributed by atoms with Gasteiger partial charge in [0.1, 0.15) is 5.54 Å². The normalized spacial score (nSPS) is 21.2. The van der Waals surface area contributed by atoms with Crippen molar-refractivity contribution in [1.29, 1.82) is 0 Å². The third-order valence-corrected chi connectivity index (χ3v) is 4.33. The number of aliphatic carboxylic acids is 1. The topological polar surface area (TPSA) is 90.5 Å². The first kappa shape index (κ1) is 14.3. The van der Waals surface area contributed by atoms with E-state index in [-0.39, 0.29) is 11.1 Å². The highest BCUT2D eigenvalue weighted by molar-refractivity contribution is 6.07. The Morgan fingerprint density at radius 1 is 1.32 bits per heavy atom. The van der Waals surface area contributed by atoms with Crippen LogP contribution >= 0.6 is 0 Å². The average Bonchev–Trinajstić information content (AvgIpc) is 2.89. The maximum Gasteiger partial charge on any atom is 0.329 e. The minimum Gasteiger partial charge on any atom is -0.480 e. The zero-order valence-corrected chi connectivity index (χ0v) is 12.1. The number of carboxylic acids is 1. The molecule has 0 spiro atoms. The maximum atomic E-state index is 12.8. The molecule has 0 radical (unpaired) electrons. The second kappa shape index (κ2) is 4.98. The second-order valence-electron chi connectivity index (χ2n) is 5.73. The Kier molecular flexibility index (Phi) is 3.24. The van der Waals surface area contributed by atoms with Crippen LogP contribution < -0.4 is 5.56 Å². The number of aromatic amines is 1. The summed E-state index contributed by atoms with van der Waals surface area (Å²) in [6.45, 7) is 1.93. The Labute approximate surface area is 126 Å². The van der Waals surface area contributed by atoms with E-state index in [1.54, 1.807) is 31.2 Å². The molecule has 0 saturated carbocycles. The van der Waals surface area contributed by atoms with Gasteiger partial charge in [-0.2, -0.15) is 0 Å². The summed E-state index contributed by atoms with van der Waals surface area (Å²) in [5, 5.41) is 10.1. The molecule has 6 nitrogen and oxygen atoms in total. The number of nitrogens with zero attached hydrogens (tertiary/aromatic N) is 1. The van der Waals surface area contributed by atoms with Gasteiger partial charge in [0, 0.05) is 23.5 Å². The van der Waals surface area contributed by atoms with Crippen molar-refractivity contribution >= 4 is 22.8 Å². The van der Waals surface area contributed by atoms with Crippen LogP contribution in [0.4, 0.5) is 0 Å². The van der Waals surface area contributed by atoms with Gasteiger partial charge in [0.05, 0.1) is 5.56 Å². The molecule has 3 rings (SSSR count). The van der Waals surface area contributed by atoms with Crippen molar-refractivity contribution in [3.05, 3.63) is 46.2 Å². The second-order valence-corrected chi connectivity index (χ2v) is 5.73. The molecule has 22 heavy (non-hydrogen) atoms. The lowest BCUT2D eigenvalue weighted by atomic mass is 9.98. The van der Waals surface area contributed by atoms with Crippen LogP contribution in [0.3, 0.4) is 0 Å². The first-order valence-electron chi connectivity index (χ1n) is 7.11. The molecule has 1 aromatic heterocycles. The van der Waals surface area contributed by atoms with Gasteiger partial charge < -0.3 is 15.0 Å². The molecule has 2 heterocycles. The first-order valence-corrected chi connectivity index (χ1v) is 7.11. The predicted molar refractivity (Wildman–Crippen MR) is 80.9 cm³/mol. The minimum atomic E-state index is -1.22. The number of carbonyl (C=O) groups is 2. The number of rotatable bonds is 2. The van der Waals surface area contributed by atoms with Crippen LogP contribution in [0.5, 0.6) is 0 Å². The van der Waals surface area contributed by atoms with E-state index in [2.05, 4.69) is 4.98 Å². The predicted octanol–water partition coefficient (Wildman–Crippen LogP) is 1.61. The standard InChI is InChI=1S/C16H16N2O4/c1-16(15(21)22)7-4-8-18(16)14(20)11-9-13(19)17-12-6-3-2-5-10(11)12/h2-3,5-6,9H,4,7-8H2,1H3,(H,17,19)(H,21,22). The van der Waals surface area contributed by atoms with Crippen LogP contribution in [0, 0.1) is 0 Å². The van der Waals surface area contributed by atoms with Crippen LogP contribution in [-0.2, 0) is 4.79 Å². The lowest BCUT2D eigenvalue weighted by molar-refractivity contribution is -0.147. The average molecular weight is 300 g/mol. The van der Waals surface area contributed by atoms with Crippen molar-refractivity contribution in [2.75, 3.05) is 6.54 Å². The summed E-state index contributed by atoms with van der Waals surface area (Å²) in [6, 6.07) is 8.24. The van der Waals surface area contributed by atoms with Crippen molar-refractivity contribution in [3.63, 3.8) is 0 Å². The van der Waals surface area contributed by atoms with E-state index in [0.29, 0.717) is 30.3 Å². The summed E-state index contributed by atoms with van der Waals surface area (Å²) in [6.07, 6.45) is 1.05. The Morgan fingerprint density at radius 3 is 2.77 bits per heavy atom. The Bertz CT molecular complexity index is 826. The number of likely N-dealkylation sites (tertiary alicyclic amines) is 1. The summed E-state index contributed by atoms with van der Waals surface area (Å²) in [5.74, 6) is -1.43. The van der Waals surface area contributed by atoms with Crippen LogP contribution in [-0.4, -0.2) is 39.0 Å². The smallest absolute Gasteiger partial charge is 0.329 e. The summed E-state index contributed by atoms with van der Waals surface area (Å²) in [7, 11) is 0. The summed E-state index contributed by atoms with van der Waals surface area (Å²) < 4.78 is 0. The van der Waals surface area contributed by atoms with E-state index < -0.39 is 17.4 Å². The number of hydrogen-bond acceptors (Lipinski definition) is 3. The van der Waals surface area contributed by atoms with Gasteiger partial charge in [-0.1, -0.05) is 18.2 Å². The molecule has 2 aromatic rings. The van der Waals surface area contributed by atoms with Crippen LogP contribution in [0.2, 0.25) is 0 Å². The van der Waals surface area contributed by atoms with E-state index in [0.717, 1.165) is 0 Å². The zero-order chi connectivity index (χ0) is 15.9. The quantitative estimate of drug-likeness (QED) is 0.881. The van der Waals surface area contributed by atoms with E-state index >= 15 is 0 Å². The van der Waals surface area contributed by atoms with Crippen molar-refractivity contribution in [3.8, 4) is 0 Å². The molecule has 6 heteroatoms. The lowest BCUT2D eigenvalue weighted by Gasteiger charge is -2.31. The number of amides is 1. The number of H-pyrrole nitrogens is 1. The SMILES string of the molecule is CC1(C(=O)O)CCCN1C(=O)c1cc(=O)[nH]c2ccccc12. The molecule has 0 aliphatic carbocycles. The van der Waals surface area contributed by atoms with E-state index in [4.69, 9.17) is 0 Å². The van der Waals surface area contributed by atoms with E-state index in [1.165, 1.54) is 11.0 Å². The van der Waals surface area contributed by atoms with Gasteiger partial charge >= 0.3 is 5.97 Å². The fourth-order valence-electron chi connectivity index (χ4n) is 3.04. The molecule has 114 valence electrons. The van der Waals surface area contributed by atoms with E-state index in [9.17, 15) is 19.5 Å². The molecule has 1 aromatic carbocycles. The molecular formula is C16H16N2O4. The monoisotopic (exact) mass is 300 g/mol. The third-order valence-electron chi connectivity index (χ3n) is 4.33. The molecule has 0 bridgehead atoms. The molecular weight excluding hydrogens is 284 g/mol. The van der Waals surface area contributed by atoms with Crippen molar-refractivity contribution in [1.82, 2.24) is 9.88 Å². The van der Waals surface area contributed by atoms with Crippen LogP contribution in [0.15, 0.2) is 35.1 Å². The van der Waals surface area contributed by atoms with Crippen molar-refractivity contribution in [2.24, 2.45) is 0 Å². The largest absolute Gasteiger partial charge is 0.480 e. The van der Waals surface area contributed by atoms with Crippen LogP contribution in [0.1, 0.15) is 30.1 Å². The summed E-state index contributed by atoms with van der Waals surface area (Å²) in [5.41, 5.74) is -0.789. The minimum absolute atomic E-state index is 0.244. The maximum absolute atomic E-state index is 12.8. The van der Waals surface area contributed by atoms with Gasteiger partial charge in [0.25, 0.3) is 5.91 Å². The number of aromatic nitrogens is 1. The Hall–Kier alpha value is -2.63. The lowest BCUT2D eigenvalue weighted by Crippen LogP contribution is -2.50. The molecule has 1 aliphatic heterocycles. The van der Waals surface area contributed by atoms with Gasteiger partial charge in [-0.3, -0.25) is 9.59 Å². The number of fused-ring (bicyclic) bond motifs is 1. The number of carboxylic acid groups (broad SMARTS) is 1. The number of pyridine rings is 1. The van der Waals surface area contributed by atoms with Crippen molar-refractivity contribution < 1.29 is 14.7 Å². The number of carbonyl (C=O) groups excluding carboxylic acids is 1. The molecule has 1 aliphatic rings. The molecule has 1 saturated heterocycles. The third kappa shape index (κ3) is 2.07.